The molecule has 0 aromatic carbocycles. The van der Waals surface area contributed by atoms with Crippen LogP contribution in [0.5, 0.6) is 0 Å². The molecule has 0 aromatic heterocycles. The van der Waals surface area contributed by atoms with Crippen molar-refractivity contribution < 1.29 is 28.6 Å². The van der Waals surface area contributed by atoms with E-state index in [-0.39, 0.29) is 37.5 Å². The standard InChI is InChI=1S/C65H106O6/c1-4-7-10-13-16-19-22-25-28-31-32-35-37-40-43-46-49-52-55-58-64(67)70-61-62(71-65(68)59-56-53-50-47-44-41-38-34-30-27-24-21-18-15-12-9-6-3)60-69-63(66)57-54-51-48-45-42-39-36-33-29-26-23-20-17-14-11-8-5-2/h7,10,16-17,19-20,25-30,32,35,38,40-41,43,47,50,62H,4-6,8-9,11-15,18,21-24,31,33-34,36-37,39,42,44-46,48-49,51-61H2,1-3H3/b10-7-,19-16-,20-17-,28-25-,29-26-,30-27-,35-32-,41-38-,43-40-,50-47-. The van der Waals surface area contributed by atoms with Gasteiger partial charge in [0.2, 0.25) is 0 Å². The van der Waals surface area contributed by atoms with Crippen molar-refractivity contribution in [3.63, 3.8) is 0 Å². The topological polar surface area (TPSA) is 78.9 Å². The van der Waals surface area contributed by atoms with Crippen molar-refractivity contribution in [1.82, 2.24) is 0 Å². The van der Waals surface area contributed by atoms with Gasteiger partial charge in [-0.25, -0.2) is 0 Å². The van der Waals surface area contributed by atoms with Crippen molar-refractivity contribution in [3.05, 3.63) is 122 Å². The van der Waals surface area contributed by atoms with E-state index in [1.807, 2.05) is 0 Å². The van der Waals surface area contributed by atoms with Crippen LogP contribution in [0.4, 0.5) is 0 Å². The van der Waals surface area contributed by atoms with E-state index in [2.05, 4.69) is 142 Å². The van der Waals surface area contributed by atoms with E-state index >= 15 is 0 Å². The number of carbonyl (C=O) groups is 3. The summed E-state index contributed by atoms with van der Waals surface area (Å²) in [5.41, 5.74) is 0. The molecule has 0 N–H and O–H groups in total. The van der Waals surface area contributed by atoms with Crippen molar-refractivity contribution >= 4 is 17.9 Å². The lowest BCUT2D eigenvalue weighted by Crippen LogP contribution is -2.30. The summed E-state index contributed by atoms with van der Waals surface area (Å²) in [6, 6.07) is 0. The normalized spacial score (nSPS) is 13.0. The molecule has 0 aromatic rings. The molecule has 1 unspecified atom stereocenters. The summed E-state index contributed by atoms with van der Waals surface area (Å²) in [6.45, 7) is 6.42. The van der Waals surface area contributed by atoms with Gasteiger partial charge in [0.1, 0.15) is 13.2 Å². The Balaban J connectivity index is 4.55. The van der Waals surface area contributed by atoms with E-state index in [1.165, 1.54) is 96.3 Å². The highest BCUT2D eigenvalue weighted by molar-refractivity contribution is 5.71. The Hall–Kier alpha value is -4.19. The number of hydrogen-bond acceptors (Lipinski definition) is 6. The van der Waals surface area contributed by atoms with Crippen LogP contribution in [0.3, 0.4) is 0 Å². The van der Waals surface area contributed by atoms with Gasteiger partial charge in [-0.15, -0.1) is 0 Å². The molecule has 0 fully saturated rings. The van der Waals surface area contributed by atoms with Crippen molar-refractivity contribution in [2.75, 3.05) is 13.2 Å². The highest BCUT2D eigenvalue weighted by Gasteiger charge is 2.19. The molecule has 71 heavy (non-hydrogen) atoms. The van der Waals surface area contributed by atoms with Gasteiger partial charge in [0.05, 0.1) is 0 Å². The Kier molecular flexibility index (Phi) is 54.9. The van der Waals surface area contributed by atoms with Crippen LogP contribution in [0.1, 0.15) is 252 Å². The Morgan fingerprint density at radius 1 is 0.296 bits per heavy atom. The molecular formula is C65H106O6. The van der Waals surface area contributed by atoms with Crippen molar-refractivity contribution in [1.29, 1.82) is 0 Å². The molecular weight excluding hydrogens is 877 g/mol. The first kappa shape index (κ1) is 66.8. The van der Waals surface area contributed by atoms with E-state index < -0.39 is 6.10 Å². The fraction of sp³-hybridized carbons (Fsp3) is 0.646. The minimum Gasteiger partial charge on any atom is -0.462 e. The van der Waals surface area contributed by atoms with Crippen LogP contribution in [-0.2, 0) is 28.6 Å². The number of rotatable bonds is 51. The zero-order chi connectivity index (χ0) is 51.4. The van der Waals surface area contributed by atoms with Gasteiger partial charge in [-0.05, 0) is 128 Å². The summed E-state index contributed by atoms with van der Waals surface area (Å²) in [5, 5.41) is 0. The lowest BCUT2D eigenvalue weighted by molar-refractivity contribution is -0.167. The highest BCUT2D eigenvalue weighted by atomic mass is 16.6. The molecule has 0 heterocycles. The number of ether oxygens (including phenoxy) is 3. The zero-order valence-electron chi connectivity index (χ0n) is 45.9. The van der Waals surface area contributed by atoms with Gasteiger partial charge in [-0.2, -0.15) is 0 Å². The molecule has 0 rings (SSSR count). The molecule has 0 saturated heterocycles. The first-order valence-electron chi connectivity index (χ1n) is 29.0. The minimum atomic E-state index is -0.826. The average molecular weight is 984 g/mol. The maximum Gasteiger partial charge on any atom is 0.306 e. The smallest absolute Gasteiger partial charge is 0.306 e. The predicted molar refractivity (Wildman–Crippen MR) is 306 cm³/mol. The second-order valence-electron chi connectivity index (χ2n) is 18.8. The van der Waals surface area contributed by atoms with Crippen LogP contribution < -0.4 is 0 Å². The van der Waals surface area contributed by atoms with E-state index in [4.69, 9.17) is 14.2 Å². The summed E-state index contributed by atoms with van der Waals surface area (Å²) in [6.07, 6.45) is 80.5. The fourth-order valence-corrected chi connectivity index (χ4v) is 7.57. The van der Waals surface area contributed by atoms with Crippen LogP contribution in [0, 0.1) is 0 Å². The molecule has 402 valence electrons. The monoisotopic (exact) mass is 983 g/mol. The third kappa shape index (κ3) is 56.6. The second kappa shape index (κ2) is 58.4. The molecule has 0 aliphatic rings. The summed E-state index contributed by atoms with van der Waals surface area (Å²) in [5.74, 6) is -1.01. The molecule has 6 heteroatoms. The molecule has 1 atom stereocenters. The van der Waals surface area contributed by atoms with Gasteiger partial charge in [-0.3, -0.25) is 14.4 Å². The Morgan fingerprint density at radius 2 is 0.563 bits per heavy atom. The Morgan fingerprint density at radius 3 is 0.944 bits per heavy atom. The summed E-state index contributed by atoms with van der Waals surface area (Å²) in [4.78, 5) is 38.2. The summed E-state index contributed by atoms with van der Waals surface area (Å²) >= 11 is 0. The average Bonchev–Trinajstić information content (AvgIpc) is 3.37. The van der Waals surface area contributed by atoms with Crippen LogP contribution in [-0.4, -0.2) is 37.2 Å². The largest absolute Gasteiger partial charge is 0.462 e. The Labute approximate surface area is 437 Å². The second-order valence-corrected chi connectivity index (χ2v) is 18.8. The molecule has 0 aliphatic heterocycles. The van der Waals surface area contributed by atoms with Crippen LogP contribution >= 0.6 is 0 Å². The van der Waals surface area contributed by atoms with Gasteiger partial charge in [-0.1, -0.05) is 226 Å². The summed E-state index contributed by atoms with van der Waals surface area (Å²) in [7, 11) is 0. The maximum atomic E-state index is 12.8. The summed E-state index contributed by atoms with van der Waals surface area (Å²) < 4.78 is 16.8. The van der Waals surface area contributed by atoms with Crippen molar-refractivity contribution in [2.45, 2.75) is 258 Å². The number of allylic oxidation sites excluding steroid dienone is 20. The molecule has 0 spiro atoms. The number of unbranched alkanes of at least 4 members (excludes halogenated alkanes) is 20. The van der Waals surface area contributed by atoms with Gasteiger partial charge < -0.3 is 14.2 Å². The van der Waals surface area contributed by atoms with Crippen LogP contribution in [0.15, 0.2) is 122 Å². The lowest BCUT2D eigenvalue weighted by atomic mass is 10.1. The van der Waals surface area contributed by atoms with Gasteiger partial charge in [0, 0.05) is 19.3 Å². The third-order valence-corrected chi connectivity index (χ3v) is 11.9. The first-order chi connectivity index (χ1) is 35.0. The van der Waals surface area contributed by atoms with Crippen molar-refractivity contribution in [3.8, 4) is 0 Å². The van der Waals surface area contributed by atoms with E-state index in [0.29, 0.717) is 19.3 Å². The Bertz CT molecular complexity index is 1500. The van der Waals surface area contributed by atoms with E-state index in [0.717, 1.165) is 109 Å². The third-order valence-electron chi connectivity index (χ3n) is 11.9. The molecule has 6 nitrogen and oxygen atoms in total. The first-order valence-corrected chi connectivity index (χ1v) is 29.0. The molecule has 0 saturated carbocycles. The quantitative estimate of drug-likeness (QED) is 0.0261. The number of esters is 3. The molecule has 0 radical (unpaired) electrons. The predicted octanol–water partition coefficient (Wildman–Crippen LogP) is 19.6. The zero-order valence-corrected chi connectivity index (χ0v) is 45.9. The van der Waals surface area contributed by atoms with Gasteiger partial charge >= 0.3 is 17.9 Å². The van der Waals surface area contributed by atoms with Gasteiger partial charge in [0.15, 0.2) is 6.10 Å². The van der Waals surface area contributed by atoms with Crippen molar-refractivity contribution in [2.24, 2.45) is 0 Å². The maximum absolute atomic E-state index is 12.8. The van der Waals surface area contributed by atoms with Gasteiger partial charge in [0.25, 0.3) is 0 Å². The number of hydrogen-bond donors (Lipinski definition) is 0. The molecule has 0 aliphatic carbocycles. The molecule has 0 bridgehead atoms. The van der Waals surface area contributed by atoms with E-state index in [1.54, 1.807) is 0 Å². The molecule has 0 amide bonds. The van der Waals surface area contributed by atoms with Crippen LogP contribution in [0.25, 0.3) is 0 Å². The lowest BCUT2D eigenvalue weighted by Gasteiger charge is -2.18. The highest BCUT2D eigenvalue weighted by Crippen LogP contribution is 2.13. The minimum absolute atomic E-state index is 0.116. The number of carbonyl (C=O) groups excluding carboxylic acids is 3. The van der Waals surface area contributed by atoms with E-state index in [9.17, 15) is 14.4 Å². The fourth-order valence-electron chi connectivity index (χ4n) is 7.57. The van der Waals surface area contributed by atoms with Crippen LogP contribution in [0.2, 0.25) is 0 Å². The SMILES string of the molecule is CC/C=C\C/C=C\C/C=C\C/C=C\C/C=C\CCCCCC(=O)OCC(COC(=O)CCCCCCCCC/C=C\C/C=C\CCCCC)OC(=O)CCC/C=C\C/C=C\C/C=C\CCCCCCCC.